The lowest BCUT2D eigenvalue weighted by Gasteiger charge is -2.23. The Hall–Kier alpha value is -2.27. The molecule has 1 aliphatic rings. The Morgan fingerprint density at radius 1 is 1.18 bits per heavy atom. The van der Waals surface area contributed by atoms with Gasteiger partial charge in [-0.15, -0.1) is 11.8 Å². The number of carbonyl (C=O) groups excluding carboxylic acids is 2. The van der Waals surface area contributed by atoms with E-state index in [-0.39, 0.29) is 17.1 Å². The molecule has 1 N–H and O–H groups in total. The quantitative estimate of drug-likeness (QED) is 0.924. The molecule has 112 valence electrons. The molecule has 0 saturated carbocycles. The van der Waals surface area contributed by atoms with E-state index >= 15 is 0 Å². The molecule has 0 aromatic heterocycles. The molecule has 5 heteroatoms. The number of hydrogen-bond donors (Lipinski definition) is 1. The van der Waals surface area contributed by atoms with Crippen molar-refractivity contribution in [2.45, 2.75) is 17.1 Å². The van der Waals surface area contributed by atoms with Crippen LogP contribution in [0.1, 0.15) is 17.3 Å². The maximum atomic E-state index is 12.6. The molecule has 0 aliphatic carbocycles. The fraction of sp³-hybridized carbons (Fsp3) is 0.176. The minimum atomic E-state index is -0.110. The van der Waals surface area contributed by atoms with Gasteiger partial charge in [-0.2, -0.15) is 0 Å². The first-order valence-electron chi connectivity index (χ1n) is 7.01. The van der Waals surface area contributed by atoms with Crippen molar-refractivity contribution in [1.82, 2.24) is 0 Å². The third-order valence-corrected chi connectivity index (χ3v) is 4.78. The summed E-state index contributed by atoms with van der Waals surface area (Å²) in [7, 11) is 1.74. The van der Waals surface area contributed by atoms with Gasteiger partial charge in [-0.1, -0.05) is 18.2 Å². The van der Waals surface area contributed by atoms with Gasteiger partial charge in [0, 0.05) is 23.2 Å². The van der Waals surface area contributed by atoms with Crippen LogP contribution in [0.4, 0.5) is 11.4 Å². The van der Waals surface area contributed by atoms with Gasteiger partial charge in [0.15, 0.2) is 0 Å². The van der Waals surface area contributed by atoms with Gasteiger partial charge in [-0.25, -0.2) is 0 Å². The highest BCUT2D eigenvalue weighted by molar-refractivity contribution is 8.00. The summed E-state index contributed by atoms with van der Waals surface area (Å²) in [5.41, 5.74) is 2.10. The van der Waals surface area contributed by atoms with Crippen LogP contribution in [0, 0.1) is 0 Å². The molecule has 0 radical (unpaired) electrons. The van der Waals surface area contributed by atoms with Crippen LogP contribution in [-0.2, 0) is 4.79 Å². The lowest BCUT2D eigenvalue weighted by atomic mass is 10.1. The molecule has 4 nitrogen and oxygen atoms in total. The minimum absolute atomic E-state index is 0.0292. The fourth-order valence-corrected chi connectivity index (χ4v) is 3.23. The standard InChI is InChI=1S/C17H16N2O2S/c1-11-16(20)18-14-10-12(8-9-15(14)22-11)17(21)19(2)13-6-4-3-5-7-13/h3-11H,1-2H3,(H,18,20). The van der Waals surface area contributed by atoms with Crippen molar-refractivity contribution in [3.63, 3.8) is 0 Å². The molecule has 1 heterocycles. The first-order chi connectivity index (χ1) is 10.6. The Bertz CT molecular complexity index is 731. The van der Waals surface area contributed by atoms with Crippen LogP contribution in [0.2, 0.25) is 0 Å². The first kappa shape index (κ1) is 14.7. The van der Waals surface area contributed by atoms with Crippen molar-refractivity contribution < 1.29 is 9.59 Å². The second-order valence-corrected chi connectivity index (χ2v) is 6.54. The predicted octanol–water partition coefficient (Wildman–Crippen LogP) is 3.40. The van der Waals surface area contributed by atoms with Crippen LogP contribution in [-0.4, -0.2) is 24.1 Å². The first-order valence-corrected chi connectivity index (χ1v) is 7.89. The van der Waals surface area contributed by atoms with Crippen LogP contribution in [0.3, 0.4) is 0 Å². The van der Waals surface area contributed by atoms with E-state index in [0.29, 0.717) is 11.3 Å². The van der Waals surface area contributed by atoms with E-state index in [1.165, 1.54) is 11.8 Å². The lowest BCUT2D eigenvalue weighted by molar-refractivity contribution is -0.115. The molecule has 3 rings (SSSR count). The Balaban J connectivity index is 1.88. The molecule has 0 fully saturated rings. The number of carbonyl (C=O) groups is 2. The van der Waals surface area contributed by atoms with Gasteiger partial charge in [-0.05, 0) is 37.3 Å². The van der Waals surface area contributed by atoms with E-state index in [9.17, 15) is 9.59 Å². The van der Waals surface area contributed by atoms with E-state index in [2.05, 4.69) is 5.32 Å². The van der Waals surface area contributed by atoms with Gasteiger partial charge in [0.2, 0.25) is 5.91 Å². The van der Waals surface area contributed by atoms with E-state index in [1.54, 1.807) is 24.1 Å². The zero-order valence-electron chi connectivity index (χ0n) is 12.4. The number of benzene rings is 2. The van der Waals surface area contributed by atoms with E-state index in [1.807, 2.05) is 43.3 Å². The van der Waals surface area contributed by atoms with Gasteiger partial charge >= 0.3 is 0 Å². The van der Waals surface area contributed by atoms with Crippen LogP contribution in [0.5, 0.6) is 0 Å². The molecular weight excluding hydrogens is 296 g/mol. The predicted molar refractivity (Wildman–Crippen MR) is 89.6 cm³/mol. The number of para-hydroxylation sites is 1. The molecule has 2 aromatic carbocycles. The Labute approximate surface area is 133 Å². The summed E-state index contributed by atoms with van der Waals surface area (Å²) in [6.07, 6.45) is 0. The number of anilines is 2. The normalized spacial score (nSPS) is 16.6. The van der Waals surface area contributed by atoms with E-state index < -0.39 is 0 Å². The second-order valence-electron chi connectivity index (χ2n) is 5.16. The van der Waals surface area contributed by atoms with Crippen molar-refractivity contribution >= 4 is 35.0 Å². The van der Waals surface area contributed by atoms with Crippen molar-refractivity contribution in [3.05, 3.63) is 54.1 Å². The number of thioether (sulfide) groups is 1. The number of hydrogen-bond acceptors (Lipinski definition) is 3. The van der Waals surface area contributed by atoms with Crippen molar-refractivity contribution in [2.24, 2.45) is 0 Å². The molecule has 0 bridgehead atoms. The van der Waals surface area contributed by atoms with Crippen LogP contribution in [0.25, 0.3) is 0 Å². The maximum Gasteiger partial charge on any atom is 0.258 e. The SMILES string of the molecule is CC1Sc2ccc(C(=O)N(C)c3ccccc3)cc2NC1=O. The Kier molecular flexibility index (Phi) is 3.90. The van der Waals surface area contributed by atoms with Crippen LogP contribution < -0.4 is 10.2 Å². The van der Waals surface area contributed by atoms with Crippen LogP contribution in [0.15, 0.2) is 53.4 Å². The third-order valence-electron chi connectivity index (χ3n) is 3.61. The van der Waals surface area contributed by atoms with Gasteiger partial charge in [0.05, 0.1) is 10.9 Å². The highest BCUT2D eigenvalue weighted by Crippen LogP contribution is 2.36. The van der Waals surface area contributed by atoms with Gasteiger partial charge in [-0.3, -0.25) is 9.59 Å². The van der Waals surface area contributed by atoms with Crippen molar-refractivity contribution in [1.29, 1.82) is 0 Å². The summed E-state index contributed by atoms with van der Waals surface area (Å²) in [5, 5.41) is 2.74. The van der Waals surface area contributed by atoms with Gasteiger partial charge in [0.25, 0.3) is 5.91 Å². The summed E-state index contributed by atoms with van der Waals surface area (Å²) in [6.45, 7) is 1.87. The largest absolute Gasteiger partial charge is 0.324 e. The lowest BCUT2D eigenvalue weighted by Crippen LogP contribution is -2.28. The fourth-order valence-electron chi connectivity index (χ4n) is 2.30. The molecule has 2 amide bonds. The molecule has 1 unspecified atom stereocenters. The zero-order chi connectivity index (χ0) is 15.7. The van der Waals surface area contributed by atoms with Gasteiger partial charge < -0.3 is 10.2 Å². The zero-order valence-corrected chi connectivity index (χ0v) is 13.2. The summed E-state index contributed by atoms with van der Waals surface area (Å²) in [4.78, 5) is 26.9. The molecule has 0 spiro atoms. The van der Waals surface area contributed by atoms with E-state index in [0.717, 1.165) is 10.6 Å². The second kappa shape index (κ2) is 5.85. The molecular formula is C17H16N2O2S. The molecule has 2 aromatic rings. The maximum absolute atomic E-state index is 12.6. The average molecular weight is 312 g/mol. The number of rotatable bonds is 2. The third kappa shape index (κ3) is 2.72. The molecule has 1 aliphatic heterocycles. The minimum Gasteiger partial charge on any atom is -0.324 e. The number of fused-ring (bicyclic) bond motifs is 1. The summed E-state index contributed by atoms with van der Waals surface area (Å²) >= 11 is 1.51. The molecule has 22 heavy (non-hydrogen) atoms. The summed E-state index contributed by atoms with van der Waals surface area (Å²) in [6, 6.07) is 14.9. The van der Waals surface area contributed by atoms with Crippen molar-refractivity contribution in [3.8, 4) is 0 Å². The molecule has 1 atom stereocenters. The Morgan fingerprint density at radius 2 is 1.91 bits per heavy atom. The molecule has 0 saturated heterocycles. The summed E-state index contributed by atoms with van der Waals surface area (Å²) in [5.74, 6) is -0.134. The summed E-state index contributed by atoms with van der Waals surface area (Å²) < 4.78 is 0. The van der Waals surface area contributed by atoms with Crippen molar-refractivity contribution in [2.75, 3.05) is 17.3 Å². The topological polar surface area (TPSA) is 49.4 Å². The number of amides is 2. The van der Waals surface area contributed by atoms with Gasteiger partial charge in [0.1, 0.15) is 0 Å². The monoisotopic (exact) mass is 312 g/mol. The average Bonchev–Trinajstić information content (AvgIpc) is 2.55. The van der Waals surface area contributed by atoms with E-state index in [4.69, 9.17) is 0 Å². The van der Waals surface area contributed by atoms with Crippen LogP contribution >= 0.6 is 11.8 Å². The highest BCUT2D eigenvalue weighted by Gasteiger charge is 2.24. The number of nitrogens with zero attached hydrogens (tertiary/aromatic N) is 1. The Morgan fingerprint density at radius 3 is 2.64 bits per heavy atom. The number of nitrogens with one attached hydrogen (secondary N) is 1. The smallest absolute Gasteiger partial charge is 0.258 e. The highest BCUT2D eigenvalue weighted by atomic mass is 32.2.